The quantitative estimate of drug-likeness (QED) is 0.276. The van der Waals surface area contributed by atoms with Crippen LogP contribution in [0.15, 0.2) is 65.0 Å². The summed E-state index contributed by atoms with van der Waals surface area (Å²) in [4.78, 5) is 24.5. The molecule has 7 nitrogen and oxygen atoms in total. The maximum atomic E-state index is 12.4. The number of rotatable bonds is 9. The molecule has 3 rings (SSSR count). The highest BCUT2D eigenvalue weighted by atomic mass is 32.2. The van der Waals surface area contributed by atoms with Gasteiger partial charge in [-0.3, -0.25) is 14.9 Å². The van der Waals surface area contributed by atoms with Gasteiger partial charge in [-0.05, 0) is 49.8 Å². The zero-order valence-corrected chi connectivity index (χ0v) is 18.7. The first-order chi connectivity index (χ1) is 15.0. The van der Waals surface area contributed by atoms with Gasteiger partial charge in [0.2, 0.25) is 16.9 Å². The Morgan fingerprint density at radius 3 is 2.55 bits per heavy atom. The average Bonchev–Trinajstić information content (AvgIpc) is 3.21. The molecule has 2 amide bonds. The van der Waals surface area contributed by atoms with Crippen LogP contribution in [0.2, 0.25) is 0 Å². The Labute approximate surface area is 188 Å². The fourth-order valence-corrected chi connectivity index (χ4v) is 4.34. The lowest BCUT2D eigenvalue weighted by Gasteiger charge is -2.11. The normalized spacial score (nSPS) is 11.8. The van der Waals surface area contributed by atoms with Crippen LogP contribution in [0.5, 0.6) is 5.75 Å². The standard InChI is InChI=1S/C22H22N4O3S2/c1-3-29-18-12-10-17(11-13-18)23-20(28)15(2)30-22-26-25-21(31-22)24-19(27)14-9-16-7-5-4-6-8-16/h4-15H,3H2,1-2H3,(H,23,28)(H,24,25,27)/b14-9+. The van der Waals surface area contributed by atoms with Gasteiger partial charge in [0, 0.05) is 11.8 Å². The zero-order chi connectivity index (χ0) is 22.1. The minimum Gasteiger partial charge on any atom is -0.494 e. The molecule has 0 aliphatic carbocycles. The Balaban J connectivity index is 1.49. The van der Waals surface area contributed by atoms with Gasteiger partial charge in [-0.2, -0.15) is 0 Å². The average molecular weight is 455 g/mol. The predicted octanol–water partition coefficient (Wildman–Crippen LogP) is 4.71. The fourth-order valence-electron chi connectivity index (χ4n) is 2.44. The Morgan fingerprint density at radius 1 is 1.10 bits per heavy atom. The lowest BCUT2D eigenvalue weighted by atomic mass is 10.2. The van der Waals surface area contributed by atoms with Crippen LogP contribution in [0.3, 0.4) is 0 Å². The highest BCUT2D eigenvalue weighted by molar-refractivity contribution is 8.02. The third-order valence-electron chi connectivity index (χ3n) is 3.94. The molecule has 3 aromatic rings. The number of anilines is 2. The van der Waals surface area contributed by atoms with Crippen LogP contribution in [-0.2, 0) is 9.59 Å². The molecule has 0 aliphatic rings. The van der Waals surface area contributed by atoms with Crippen LogP contribution >= 0.6 is 23.1 Å². The zero-order valence-electron chi connectivity index (χ0n) is 17.1. The number of aromatic nitrogens is 2. The van der Waals surface area contributed by atoms with E-state index in [1.54, 1.807) is 25.1 Å². The first-order valence-electron chi connectivity index (χ1n) is 9.61. The Morgan fingerprint density at radius 2 is 1.84 bits per heavy atom. The second kappa shape index (κ2) is 11.3. The lowest BCUT2D eigenvalue weighted by Crippen LogP contribution is -2.22. The number of nitrogens with zero attached hydrogens (tertiary/aromatic N) is 2. The van der Waals surface area contributed by atoms with Crippen molar-refractivity contribution < 1.29 is 14.3 Å². The number of amides is 2. The van der Waals surface area contributed by atoms with Crippen LogP contribution < -0.4 is 15.4 Å². The summed E-state index contributed by atoms with van der Waals surface area (Å²) in [6.07, 6.45) is 3.16. The Bertz CT molecular complexity index is 1040. The van der Waals surface area contributed by atoms with Gasteiger partial charge in [-0.25, -0.2) is 0 Å². The van der Waals surface area contributed by atoms with Gasteiger partial charge >= 0.3 is 0 Å². The SMILES string of the molecule is CCOc1ccc(NC(=O)C(C)Sc2nnc(NC(=O)/C=C/c3ccccc3)s2)cc1. The lowest BCUT2D eigenvalue weighted by molar-refractivity contribution is -0.115. The van der Waals surface area contributed by atoms with Crippen molar-refractivity contribution in [2.75, 3.05) is 17.2 Å². The van der Waals surface area contributed by atoms with Crippen molar-refractivity contribution >= 4 is 51.8 Å². The van der Waals surface area contributed by atoms with Crippen molar-refractivity contribution in [1.29, 1.82) is 0 Å². The molecule has 0 radical (unpaired) electrons. The van der Waals surface area contributed by atoms with Gasteiger partial charge in [0.05, 0.1) is 11.9 Å². The molecule has 2 N–H and O–H groups in total. The number of nitrogens with one attached hydrogen (secondary N) is 2. The summed E-state index contributed by atoms with van der Waals surface area (Å²) < 4.78 is 5.99. The number of benzene rings is 2. The van der Waals surface area contributed by atoms with Crippen LogP contribution in [0, 0.1) is 0 Å². The van der Waals surface area contributed by atoms with E-state index in [0.717, 1.165) is 11.3 Å². The summed E-state index contributed by atoms with van der Waals surface area (Å²) >= 11 is 2.50. The topological polar surface area (TPSA) is 93.2 Å². The van der Waals surface area contributed by atoms with E-state index in [4.69, 9.17) is 4.74 Å². The number of carbonyl (C=O) groups is 2. The molecular formula is C22H22N4O3S2. The van der Waals surface area contributed by atoms with E-state index >= 15 is 0 Å². The van der Waals surface area contributed by atoms with Crippen LogP contribution in [0.25, 0.3) is 6.08 Å². The van der Waals surface area contributed by atoms with Crippen molar-refractivity contribution in [1.82, 2.24) is 10.2 Å². The molecule has 1 atom stereocenters. The Hall–Kier alpha value is -3.17. The Kier molecular flexibility index (Phi) is 8.19. The molecule has 0 saturated carbocycles. The monoisotopic (exact) mass is 454 g/mol. The van der Waals surface area contributed by atoms with Crippen LogP contribution in [0.4, 0.5) is 10.8 Å². The smallest absolute Gasteiger partial charge is 0.250 e. The van der Waals surface area contributed by atoms with Crippen molar-refractivity contribution in [3.05, 3.63) is 66.2 Å². The first kappa shape index (κ1) is 22.5. The molecular weight excluding hydrogens is 432 g/mol. The highest BCUT2D eigenvalue weighted by Gasteiger charge is 2.18. The molecule has 0 aliphatic heterocycles. The molecule has 1 aromatic heterocycles. The van der Waals surface area contributed by atoms with Gasteiger partial charge in [0.15, 0.2) is 4.34 Å². The van der Waals surface area contributed by atoms with E-state index in [1.165, 1.54) is 29.2 Å². The fraction of sp³-hybridized carbons (Fsp3) is 0.182. The predicted molar refractivity (Wildman–Crippen MR) is 126 cm³/mol. The van der Waals surface area contributed by atoms with Gasteiger partial charge in [0.1, 0.15) is 5.75 Å². The number of hydrogen-bond acceptors (Lipinski definition) is 7. The van der Waals surface area contributed by atoms with E-state index < -0.39 is 0 Å². The van der Waals surface area contributed by atoms with Gasteiger partial charge in [0.25, 0.3) is 0 Å². The minimum atomic E-state index is -0.388. The summed E-state index contributed by atoms with van der Waals surface area (Å²) in [5, 5.41) is 13.6. The largest absolute Gasteiger partial charge is 0.494 e. The number of ether oxygens (including phenoxy) is 1. The molecule has 0 bridgehead atoms. The molecule has 1 unspecified atom stereocenters. The minimum absolute atomic E-state index is 0.152. The maximum absolute atomic E-state index is 12.4. The van der Waals surface area contributed by atoms with Crippen LogP contribution in [-0.4, -0.2) is 33.9 Å². The molecule has 0 spiro atoms. The van der Waals surface area contributed by atoms with E-state index in [9.17, 15) is 9.59 Å². The van der Waals surface area contributed by atoms with E-state index in [1.807, 2.05) is 49.4 Å². The molecule has 2 aromatic carbocycles. The second-order valence-corrected chi connectivity index (χ2v) is 8.88. The van der Waals surface area contributed by atoms with Gasteiger partial charge < -0.3 is 10.1 Å². The molecule has 0 saturated heterocycles. The summed E-state index contributed by atoms with van der Waals surface area (Å²) in [6.45, 7) is 4.30. The van der Waals surface area contributed by atoms with Crippen LogP contribution in [0.1, 0.15) is 19.4 Å². The van der Waals surface area contributed by atoms with Gasteiger partial charge in [-0.15, -0.1) is 10.2 Å². The maximum Gasteiger partial charge on any atom is 0.250 e. The highest BCUT2D eigenvalue weighted by Crippen LogP contribution is 2.29. The number of carbonyl (C=O) groups excluding carboxylic acids is 2. The van der Waals surface area contributed by atoms with Crippen molar-refractivity contribution in [2.24, 2.45) is 0 Å². The summed E-state index contributed by atoms with van der Waals surface area (Å²) in [5.41, 5.74) is 1.62. The van der Waals surface area contributed by atoms with Crippen molar-refractivity contribution in [3.63, 3.8) is 0 Å². The number of hydrogen-bond donors (Lipinski definition) is 2. The third kappa shape index (κ3) is 7.23. The third-order valence-corrected chi connectivity index (χ3v) is 5.97. The molecule has 1 heterocycles. The first-order valence-corrected chi connectivity index (χ1v) is 11.3. The summed E-state index contributed by atoms with van der Waals surface area (Å²) in [7, 11) is 0. The second-order valence-electron chi connectivity index (χ2n) is 6.31. The molecule has 31 heavy (non-hydrogen) atoms. The molecule has 9 heteroatoms. The molecule has 0 fully saturated rings. The van der Waals surface area contributed by atoms with Crippen molar-refractivity contribution in [2.45, 2.75) is 23.4 Å². The van der Waals surface area contributed by atoms with Gasteiger partial charge in [-0.1, -0.05) is 53.4 Å². The van der Waals surface area contributed by atoms with E-state index in [0.29, 0.717) is 21.8 Å². The van der Waals surface area contributed by atoms with E-state index in [2.05, 4.69) is 20.8 Å². The summed E-state index contributed by atoms with van der Waals surface area (Å²) in [6, 6.07) is 16.7. The van der Waals surface area contributed by atoms with Crippen molar-refractivity contribution in [3.8, 4) is 5.75 Å². The molecule has 160 valence electrons. The summed E-state index contributed by atoms with van der Waals surface area (Å²) in [5.74, 6) is 0.309. The number of thioether (sulfide) groups is 1. The van der Waals surface area contributed by atoms with E-state index in [-0.39, 0.29) is 17.1 Å².